The van der Waals surface area contributed by atoms with Gasteiger partial charge in [0.05, 0.1) is 34.4 Å². The third kappa shape index (κ3) is 14.9. The van der Waals surface area contributed by atoms with Crippen molar-refractivity contribution < 1.29 is 26.7 Å². The van der Waals surface area contributed by atoms with E-state index >= 15 is 0 Å². The topological polar surface area (TPSA) is 55.5 Å². The molecule has 0 amide bonds. The van der Waals surface area contributed by atoms with Gasteiger partial charge in [-0.05, 0) is 6.92 Å². The van der Waals surface area contributed by atoms with E-state index in [0.717, 1.165) is 11.0 Å². The molecule has 0 aliphatic carbocycles. The molecule has 82 valence electrons. The molecule has 0 saturated heterocycles. The summed E-state index contributed by atoms with van der Waals surface area (Å²) in [5.74, 6) is 0. The van der Waals surface area contributed by atoms with Crippen LogP contribution in [0.4, 0.5) is 0 Å². The molecule has 0 rings (SSSR count). The third-order valence-corrected chi connectivity index (χ3v) is 1.30. The van der Waals surface area contributed by atoms with Crippen LogP contribution in [0.3, 0.4) is 0 Å². The Balaban J connectivity index is 0. The highest BCUT2D eigenvalue weighted by Gasteiger charge is 2.13. The van der Waals surface area contributed by atoms with Gasteiger partial charge >= 0.3 is 0 Å². The van der Waals surface area contributed by atoms with Gasteiger partial charge in [-0.25, -0.2) is 0 Å². The Bertz CT molecular complexity index is 113. The summed E-state index contributed by atoms with van der Waals surface area (Å²) in [6.07, 6.45) is 0. The number of nitrogens with two attached hydrogens (primary N) is 1. The second-order valence-corrected chi connectivity index (χ2v) is 4.42. The van der Waals surface area contributed by atoms with E-state index in [4.69, 9.17) is 15.6 Å². The largest absolute Gasteiger partial charge is 1.00 e. The van der Waals surface area contributed by atoms with Crippen LogP contribution in [0.25, 0.3) is 0 Å². The summed E-state index contributed by atoms with van der Waals surface area (Å²) in [6, 6.07) is 0. The normalized spacial score (nSPS) is 16.2. The van der Waals surface area contributed by atoms with Crippen LogP contribution in [0.15, 0.2) is 0 Å². The van der Waals surface area contributed by atoms with Crippen LogP contribution in [0, 0.1) is 0 Å². The van der Waals surface area contributed by atoms with E-state index in [1.807, 2.05) is 0 Å². The summed E-state index contributed by atoms with van der Waals surface area (Å²) >= 11 is 0. The smallest absolute Gasteiger partial charge is 0.134 e. The Morgan fingerprint density at radius 2 is 1.85 bits per heavy atom. The molecule has 3 N–H and O–H groups in total. The van der Waals surface area contributed by atoms with Gasteiger partial charge in [-0.2, -0.15) is 0 Å². The zero-order valence-corrected chi connectivity index (χ0v) is 9.64. The first-order valence-corrected chi connectivity index (χ1v) is 4.10. The molecule has 0 spiro atoms. The minimum absolute atomic E-state index is 0. The van der Waals surface area contributed by atoms with Gasteiger partial charge in [-0.15, -0.1) is 0 Å². The Morgan fingerprint density at radius 1 is 1.38 bits per heavy atom. The lowest BCUT2D eigenvalue weighted by Crippen LogP contribution is -3.00. The predicted octanol–water partition coefficient (Wildman–Crippen LogP) is -3.62. The summed E-state index contributed by atoms with van der Waals surface area (Å²) in [5, 5.41) is 9.09. The lowest BCUT2D eigenvalue weighted by atomic mass is 10.3. The van der Waals surface area contributed by atoms with E-state index in [2.05, 4.69) is 21.1 Å². The highest BCUT2D eigenvalue weighted by Crippen LogP contribution is 1.94. The average molecular weight is 213 g/mol. The van der Waals surface area contributed by atoms with Crippen molar-refractivity contribution >= 4 is 0 Å². The fourth-order valence-corrected chi connectivity index (χ4v) is 0.617. The van der Waals surface area contributed by atoms with Crippen molar-refractivity contribution in [1.29, 1.82) is 0 Å². The van der Waals surface area contributed by atoms with E-state index in [-0.39, 0.29) is 19.0 Å². The van der Waals surface area contributed by atoms with E-state index in [0.29, 0.717) is 6.61 Å². The van der Waals surface area contributed by atoms with Crippen molar-refractivity contribution in [3.05, 3.63) is 0 Å². The van der Waals surface area contributed by atoms with Crippen LogP contribution in [-0.4, -0.2) is 56.2 Å². The molecule has 0 aliphatic heterocycles. The van der Waals surface area contributed by atoms with Gasteiger partial charge < -0.3 is 32.5 Å². The molecule has 4 nitrogen and oxygen atoms in total. The molecule has 0 aliphatic rings. The fourth-order valence-electron chi connectivity index (χ4n) is 0.617. The van der Waals surface area contributed by atoms with E-state index < -0.39 is 5.72 Å². The molecule has 5 heteroatoms. The molecule has 0 fully saturated rings. The molecular weight excluding hydrogens is 192 g/mol. The Hall–Kier alpha value is 0.130. The Kier molecular flexibility index (Phi) is 6.93. The molecule has 0 aromatic rings. The lowest BCUT2D eigenvalue weighted by molar-refractivity contribution is -0.870. The molecule has 1 unspecified atom stereocenters. The zero-order chi connectivity index (χ0) is 9.83. The molecule has 0 bridgehead atoms. The molecule has 0 heterocycles. The Morgan fingerprint density at radius 3 is 2.15 bits per heavy atom. The van der Waals surface area contributed by atoms with Crippen LogP contribution in [0.5, 0.6) is 0 Å². The molecule has 0 radical (unpaired) electrons. The summed E-state index contributed by atoms with van der Waals surface area (Å²) in [5.41, 5.74) is 4.11. The van der Waals surface area contributed by atoms with Crippen molar-refractivity contribution in [3.63, 3.8) is 0 Å². The number of halogens is 1. The Labute approximate surface area is 86.7 Å². The lowest BCUT2D eigenvalue weighted by Gasteiger charge is -2.24. The van der Waals surface area contributed by atoms with E-state index in [1.165, 1.54) is 6.92 Å². The maximum atomic E-state index is 9.09. The van der Waals surface area contributed by atoms with Gasteiger partial charge in [-0.3, -0.25) is 0 Å². The maximum Gasteiger partial charge on any atom is 0.134 e. The maximum absolute atomic E-state index is 9.09. The number of aliphatic hydroxyl groups is 1. The van der Waals surface area contributed by atoms with Crippen LogP contribution >= 0.6 is 0 Å². The van der Waals surface area contributed by atoms with E-state index in [9.17, 15) is 0 Å². The first-order valence-electron chi connectivity index (χ1n) is 4.10. The van der Waals surface area contributed by atoms with Gasteiger partial charge in [0.2, 0.25) is 0 Å². The number of hydrogen-bond acceptors (Lipinski definition) is 3. The van der Waals surface area contributed by atoms with Gasteiger partial charge in [0.25, 0.3) is 0 Å². The van der Waals surface area contributed by atoms with Crippen LogP contribution in [-0.2, 0) is 4.74 Å². The summed E-state index contributed by atoms with van der Waals surface area (Å²) in [6.45, 7) is 3.25. The summed E-state index contributed by atoms with van der Waals surface area (Å²) < 4.78 is 6.04. The first kappa shape index (κ1) is 15.6. The minimum atomic E-state index is -1.20. The minimum Gasteiger partial charge on any atom is -1.00 e. The standard InChI is InChI=1S/C8H21N2O2.ClH/c1-8(9,11)7-12-6-5-10(2,3)4;/h11H,5-7,9H2,1-4H3;1H/q+1;/p-1. The number of quaternary nitrogens is 1. The van der Waals surface area contributed by atoms with Gasteiger partial charge in [0.15, 0.2) is 0 Å². The van der Waals surface area contributed by atoms with Crippen molar-refractivity contribution in [2.24, 2.45) is 5.73 Å². The second kappa shape index (κ2) is 5.78. The molecule has 13 heavy (non-hydrogen) atoms. The number of rotatable bonds is 5. The van der Waals surface area contributed by atoms with Crippen molar-refractivity contribution in [3.8, 4) is 0 Å². The zero-order valence-electron chi connectivity index (χ0n) is 8.88. The van der Waals surface area contributed by atoms with Crippen molar-refractivity contribution in [2.45, 2.75) is 12.6 Å². The predicted molar refractivity (Wildman–Crippen MR) is 48.5 cm³/mol. The fraction of sp³-hybridized carbons (Fsp3) is 1.00. The molecule has 1 atom stereocenters. The second-order valence-electron chi connectivity index (χ2n) is 4.42. The highest BCUT2D eigenvalue weighted by molar-refractivity contribution is 4.59. The van der Waals surface area contributed by atoms with Gasteiger partial charge in [0.1, 0.15) is 12.3 Å². The van der Waals surface area contributed by atoms with Crippen molar-refractivity contribution in [1.82, 2.24) is 0 Å². The first-order chi connectivity index (χ1) is 5.21. The SMILES string of the molecule is CC(N)(O)COCC[N+](C)(C)C.[Cl-]. The van der Waals surface area contributed by atoms with Crippen LogP contribution < -0.4 is 18.1 Å². The van der Waals surface area contributed by atoms with Crippen molar-refractivity contribution in [2.75, 3.05) is 40.9 Å². The van der Waals surface area contributed by atoms with Crippen LogP contribution in [0.1, 0.15) is 6.92 Å². The summed E-state index contributed by atoms with van der Waals surface area (Å²) in [4.78, 5) is 0. The molecule has 0 aromatic heterocycles. The van der Waals surface area contributed by atoms with Gasteiger partial charge in [0, 0.05) is 0 Å². The molecular formula is C8H21ClN2O2. The average Bonchev–Trinajstić information content (AvgIpc) is 1.76. The molecule has 0 saturated carbocycles. The summed E-state index contributed by atoms with van der Waals surface area (Å²) in [7, 11) is 6.26. The monoisotopic (exact) mass is 212 g/mol. The number of hydrogen-bond donors (Lipinski definition) is 2. The van der Waals surface area contributed by atoms with Crippen LogP contribution in [0.2, 0.25) is 0 Å². The number of nitrogens with zero attached hydrogens (tertiary/aromatic N) is 1. The molecule has 0 aromatic carbocycles. The number of likely N-dealkylation sites (N-methyl/N-ethyl adjacent to an activating group) is 1. The highest BCUT2D eigenvalue weighted by atomic mass is 35.5. The van der Waals surface area contributed by atoms with Gasteiger partial charge in [-0.1, -0.05) is 0 Å². The quantitative estimate of drug-likeness (QED) is 0.281. The van der Waals surface area contributed by atoms with E-state index in [1.54, 1.807) is 0 Å². The third-order valence-electron chi connectivity index (χ3n) is 1.30. The number of ether oxygens (including phenoxy) is 1.